The first-order chi connectivity index (χ1) is 11.7. The van der Waals surface area contributed by atoms with Gasteiger partial charge in [0.05, 0.1) is 6.07 Å². The van der Waals surface area contributed by atoms with E-state index in [4.69, 9.17) is 5.26 Å². The average Bonchev–Trinajstić information content (AvgIpc) is 2.55. The molecule has 1 atom stereocenters. The molecule has 0 spiro atoms. The van der Waals surface area contributed by atoms with Crippen molar-refractivity contribution in [1.82, 2.24) is 9.97 Å². The van der Waals surface area contributed by atoms with E-state index in [2.05, 4.69) is 15.3 Å². The van der Waals surface area contributed by atoms with E-state index in [1.807, 2.05) is 0 Å². The van der Waals surface area contributed by atoms with Crippen molar-refractivity contribution in [1.29, 1.82) is 5.26 Å². The van der Waals surface area contributed by atoms with Gasteiger partial charge in [-0.15, -0.1) is 0 Å². The molecule has 2 aromatic rings. The molecule has 1 N–H and O–H groups in total. The smallest absolute Gasteiger partial charge is 0.309 e. The van der Waals surface area contributed by atoms with Gasteiger partial charge in [-0.1, -0.05) is 6.07 Å². The number of rotatable bonds is 4. The standard InChI is InChI=1S/C16H11F3N4O2/c1-9-10(5-6-12(22-9)16(17,18)19)14(24)11(8-20)15(25)23-13-4-2-3-7-21-13/h2-7,11H,1H3,(H,21,23,25). The second-order valence-corrected chi connectivity index (χ2v) is 4.96. The van der Waals surface area contributed by atoms with Crippen molar-refractivity contribution in [3.8, 4) is 6.07 Å². The van der Waals surface area contributed by atoms with Crippen molar-refractivity contribution >= 4 is 17.5 Å². The molecule has 9 heteroatoms. The fourth-order valence-electron chi connectivity index (χ4n) is 2.01. The SMILES string of the molecule is Cc1nc(C(F)(F)F)ccc1C(=O)C(C#N)C(=O)Nc1ccccn1. The maximum atomic E-state index is 12.6. The predicted octanol–water partition coefficient (Wildman–Crippen LogP) is 2.76. The number of aryl methyl sites for hydroxylation is 1. The second-order valence-electron chi connectivity index (χ2n) is 4.96. The summed E-state index contributed by atoms with van der Waals surface area (Å²) < 4.78 is 37.9. The highest BCUT2D eigenvalue weighted by molar-refractivity contribution is 6.15. The number of carbonyl (C=O) groups is 2. The number of carbonyl (C=O) groups excluding carboxylic acids is 2. The zero-order chi connectivity index (χ0) is 18.6. The number of nitrogens with zero attached hydrogens (tertiary/aromatic N) is 3. The molecule has 1 amide bonds. The van der Waals surface area contributed by atoms with E-state index in [0.717, 1.165) is 6.07 Å². The number of alkyl halides is 3. The Morgan fingerprint density at radius 1 is 1.24 bits per heavy atom. The van der Waals surface area contributed by atoms with E-state index in [1.54, 1.807) is 18.2 Å². The fourth-order valence-corrected chi connectivity index (χ4v) is 2.01. The quantitative estimate of drug-likeness (QED) is 0.677. The van der Waals surface area contributed by atoms with Gasteiger partial charge in [0.2, 0.25) is 0 Å². The minimum atomic E-state index is -4.66. The van der Waals surface area contributed by atoms with Crippen molar-refractivity contribution in [2.45, 2.75) is 13.1 Å². The van der Waals surface area contributed by atoms with Gasteiger partial charge in [0, 0.05) is 17.5 Å². The molecule has 2 heterocycles. The van der Waals surface area contributed by atoms with Crippen molar-refractivity contribution < 1.29 is 22.8 Å². The summed E-state index contributed by atoms with van der Waals surface area (Å²) >= 11 is 0. The lowest BCUT2D eigenvalue weighted by Gasteiger charge is -2.12. The number of ketones is 1. The molecule has 0 radical (unpaired) electrons. The van der Waals surface area contributed by atoms with Crippen LogP contribution >= 0.6 is 0 Å². The van der Waals surface area contributed by atoms with Crippen LogP contribution in [0, 0.1) is 24.2 Å². The van der Waals surface area contributed by atoms with E-state index < -0.39 is 29.5 Å². The number of amides is 1. The molecule has 0 saturated heterocycles. The van der Waals surface area contributed by atoms with Crippen LogP contribution in [0.3, 0.4) is 0 Å². The monoisotopic (exact) mass is 348 g/mol. The van der Waals surface area contributed by atoms with Crippen LogP contribution in [0.15, 0.2) is 36.5 Å². The van der Waals surface area contributed by atoms with Gasteiger partial charge >= 0.3 is 6.18 Å². The van der Waals surface area contributed by atoms with Gasteiger partial charge in [-0.05, 0) is 31.2 Å². The van der Waals surface area contributed by atoms with Crippen LogP contribution in [0.2, 0.25) is 0 Å². The Kier molecular flexibility index (Phi) is 5.12. The molecule has 0 fully saturated rings. The van der Waals surface area contributed by atoms with Crippen molar-refractivity contribution in [2.24, 2.45) is 5.92 Å². The molecule has 25 heavy (non-hydrogen) atoms. The van der Waals surface area contributed by atoms with E-state index in [9.17, 15) is 22.8 Å². The third kappa shape index (κ3) is 4.17. The molecule has 0 aliphatic carbocycles. The van der Waals surface area contributed by atoms with Crippen LogP contribution in [0.1, 0.15) is 21.7 Å². The first kappa shape index (κ1) is 18.1. The minimum absolute atomic E-state index is 0.141. The summed E-state index contributed by atoms with van der Waals surface area (Å²) in [6, 6.07) is 7.76. The van der Waals surface area contributed by atoms with Gasteiger partial charge in [0.1, 0.15) is 11.5 Å². The first-order valence-electron chi connectivity index (χ1n) is 6.94. The molecule has 128 valence electrons. The third-order valence-corrected chi connectivity index (χ3v) is 3.21. The van der Waals surface area contributed by atoms with Crippen LogP contribution in [-0.4, -0.2) is 21.7 Å². The topological polar surface area (TPSA) is 95.7 Å². The highest BCUT2D eigenvalue weighted by atomic mass is 19.4. The number of anilines is 1. The van der Waals surface area contributed by atoms with Gasteiger partial charge in [0.15, 0.2) is 11.7 Å². The maximum Gasteiger partial charge on any atom is 0.433 e. The zero-order valence-corrected chi connectivity index (χ0v) is 12.8. The van der Waals surface area contributed by atoms with Crippen LogP contribution < -0.4 is 5.32 Å². The number of nitriles is 1. The highest BCUT2D eigenvalue weighted by Crippen LogP contribution is 2.28. The van der Waals surface area contributed by atoms with E-state index in [-0.39, 0.29) is 17.1 Å². The Morgan fingerprint density at radius 2 is 1.96 bits per heavy atom. The fraction of sp³-hybridized carbons (Fsp3) is 0.188. The number of halogens is 3. The van der Waals surface area contributed by atoms with Gasteiger partial charge in [-0.3, -0.25) is 9.59 Å². The normalized spacial score (nSPS) is 12.1. The van der Waals surface area contributed by atoms with Gasteiger partial charge in [-0.2, -0.15) is 18.4 Å². The minimum Gasteiger partial charge on any atom is -0.309 e. The molecule has 6 nitrogen and oxygen atoms in total. The molecule has 0 aliphatic rings. The van der Waals surface area contributed by atoms with E-state index in [0.29, 0.717) is 6.07 Å². The summed E-state index contributed by atoms with van der Waals surface area (Å²) in [5.74, 6) is -3.46. The first-order valence-corrected chi connectivity index (χ1v) is 6.94. The Balaban J connectivity index is 2.25. The van der Waals surface area contributed by atoms with Crippen molar-refractivity contribution in [3.05, 3.63) is 53.5 Å². The Hall–Kier alpha value is -3.28. The Labute approximate surface area is 140 Å². The summed E-state index contributed by atoms with van der Waals surface area (Å²) in [5.41, 5.74) is -1.60. The molecule has 0 bridgehead atoms. The largest absolute Gasteiger partial charge is 0.433 e. The molecule has 0 saturated carbocycles. The Morgan fingerprint density at radius 3 is 2.48 bits per heavy atom. The van der Waals surface area contributed by atoms with Gasteiger partial charge in [0.25, 0.3) is 5.91 Å². The summed E-state index contributed by atoms with van der Waals surface area (Å²) in [7, 11) is 0. The maximum absolute atomic E-state index is 12.6. The Bertz CT molecular complexity index is 845. The lowest BCUT2D eigenvalue weighted by molar-refractivity contribution is -0.141. The lowest BCUT2D eigenvalue weighted by atomic mass is 9.96. The zero-order valence-electron chi connectivity index (χ0n) is 12.8. The number of Topliss-reactive ketones (excluding diaryl/α,β-unsaturated/α-hetero) is 1. The summed E-state index contributed by atoms with van der Waals surface area (Å²) in [5, 5.41) is 11.4. The number of hydrogen-bond donors (Lipinski definition) is 1. The summed E-state index contributed by atoms with van der Waals surface area (Å²) in [6.07, 6.45) is -3.25. The van der Waals surface area contributed by atoms with E-state index in [1.165, 1.54) is 19.2 Å². The number of aromatic nitrogens is 2. The molecule has 1 unspecified atom stereocenters. The van der Waals surface area contributed by atoms with E-state index >= 15 is 0 Å². The number of hydrogen-bond acceptors (Lipinski definition) is 5. The summed E-state index contributed by atoms with van der Waals surface area (Å²) in [4.78, 5) is 31.6. The van der Waals surface area contributed by atoms with Crippen LogP contribution in [0.4, 0.5) is 19.0 Å². The molecule has 2 aromatic heterocycles. The predicted molar refractivity (Wildman–Crippen MR) is 80.3 cm³/mol. The number of nitrogens with one attached hydrogen (secondary N) is 1. The van der Waals surface area contributed by atoms with Crippen molar-refractivity contribution in [3.63, 3.8) is 0 Å². The molecule has 0 aliphatic heterocycles. The number of pyridine rings is 2. The second kappa shape index (κ2) is 7.09. The van der Waals surface area contributed by atoms with Gasteiger partial charge in [-0.25, -0.2) is 9.97 Å². The highest BCUT2D eigenvalue weighted by Gasteiger charge is 2.34. The van der Waals surface area contributed by atoms with Crippen LogP contribution in [0.5, 0.6) is 0 Å². The molecule has 0 aromatic carbocycles. The van der Waals surface area contributed by atoms with Crippen LogP contribution in [0.25, 0.3) is 0 Å². The van der Waals surface area contributed by atoms with Crippen molar-refractivity contribution in [2.75, 3.05) is 5.32 Å². The average molecular weight is 348 g/mol. The molecular formula is C16H11F3N4O2. The third-order valence-electron chi connectivity index (χ3n) is 3.21. The van der Waals surface area contributed by atoms with Crippen LogP contribution in [-0.2, 0) is 11.0 Å². The lowest BCUT2D eigenvalue weighted by Crippen LogP contribution is -2.29. The molecular weight excluding hydrogens is 337 g/mol. The summed E-state index contributed by atoms with van der Waals surface area (Å²) in [6.45, 7) is 1.20. The molecule has 2 rings (SSSR count). The van der Waals surface area contributed by atoms with Gasteiger partial charge < -0.3 is 5.32 Å².